The van der Waals surface area contributed by atoms with Crippen LogP contribution in [0.4, 0.5) is 0 Å². The Morgan fingerprint density at radius 2 is 1.90 bits per heavy atom. The Labute approximate surface area is 121 Å². The van der Waals surface area contributed by atoms with Crippen LogP contribution in [0, 0.1) is 5.41 Å². The predicted octanol–water partition coefficient (Wildman–Crippen LogP) is 1.79. The average Bonchev–Trinajstić information content (AvgIpc) is 2.34. The number of amides is 1. The van der Waals surface area contributed by atoms with Gasteiger partial charge in [0.15, 0.2) is 0 Å². The van der Waals surface area contributed by atoms with Crippen LogP contribution in [0.25, 0.3) is 0 Å². The van der Waals surface area contributed by atoms with Crippen LogP contribution >= 0.6 is 0 Å². The summed E-state index contributed by atoms with van der Waals surface area (Å²) in [5.41, 5.74) is 5.81. The molecule has 2 atom stereocenters. The SMILES string of the molecule is C=CCC(/C=C(\C)C(=O)O)N(C)C(=O)[C@@H](N)C(C)(C)C. The van der Waals surface area contributed by atoms with Crippen LogP contribution in [0.15, 0.2) is 24.3 Å². The largest absolute Gasteiger partial charge is 0.478 e. The molecular weight excluding hydrogens is 256 g/mol. The number of rotatable bonds is 6. The molecule has 0 spiro atoms. The van der Waals surface area contributed by atoms with Crippen molar-refractivity contribution < 1.29 is 14.7 Å². The minimum Gasteiger partial charge on any atom is -0.478 e. The van der Waals surface area contributed by atoms with Crippen LogP contribution in [0.5, 0.6) is 0 Å². The smallest absolute Gasteiger partial charge is 0.331 e. The lowest BCUT2D eigenvalue weighted by atomic mass is 9.86. The monoisotopic (exact) mass is 282 g/mol. The number of carboxylic acids is 1. The summed E-state index contributed by atoms with van der Waals surface area (Å²) in [6.07, 6.45) is 3.68. The fourth-order valence-electron chi connectivity index (χ4n) is 1.62. The third kappa shape index (κ3) is 5.17. The molecule has 0 saturated carbocycles. The molecule has 0 rings (SSSR count). The number of likely N-dealkylation sites (N-methyl/N-ethyl adjacent to an activating group) is 1. The number of nitrogens with zero attached hydrogens (tertiary/aromatic N) is 1. The van der Waals surface area contributed by atoms with Crippen molar-refractivity contribution in [2.24, 2.45) is 11.1 Å². The summed E-state index contributed by atoms with van der Waals surface area (Å²) < 4.78 is 0. The summed E-state index contributed by atoms with van der Waals surface area (Å²) >= 11 is 0. The summed E-state index contributed by atoms with van der Waals surface area (Å²) in [5.74, 6) is -1.21. The number of nitrogens with two attached hydrogens (primary N) is 1. The van der Waals surface area contributed by atoms with Gasteiger partial charge in [-0.1, -0.05) is 32.9 Å². The van der Waals surface area contributed by atoms with E-state index in [1.54, 1.807) is 19.2 Å². The second-order valence-corrected chi connectivity index (χ2v) is 6.04. The number of carbonyl (C=O) groups is 2. The first-order valence-electron chi connectivity index (χ1n) is 6.57. The van der Waals surface area contributed by atoms with Crippen molar-refractivity contribution in [1.29, 1.82) is 0 Å². The van der Waals surface area contributed by atoms with Crippen LogP contribution < -0.4 is 5.73 Å². The topological polar surface area (TPSA) is 83.6 Å². The van der Waals surface area contributed by atoms with Gasteiger partial charge in [0.25, 0.3) is 0 Å². The van der Waals surface area contributed by atoms with Crippen LogP contribution in [-0.4, -0.2) is 41.0 Å². The highest BCUT2D eigenvalue weighted by molar-refractivity contribution is 5.86. The molecule has 5 nitrogen and oxygen atoms in total. The molecule has 0 aromatic heterocycles. The van der Waals surface area contributed by atoms with Gasteiger partial charge in [-0.15, -0.1) is 6.58 Å². The lowest BCUT2D eigenvalue weighted by molar-refractivity contribution is -0.135. The van der Waals surface area contributed by atoms with Crippen molar-refractivity contribution in [3.05, 3.63) is 24.3 Å². The Hall–Kier alpha value is -1.62. The van der Waals surface area contributed by atoms with Gasteiger partial charge in [0.1, 0.15) is 0 Å². The van der Waals surface area contributed by atoms with E-state index in [0.29, 0.717) is 6.42 Å². The Morgan fingerprint density at radius 1 is 1.40 bits per heavy atom. The van der Waals surface area contributed by atoms with Gasteiger partial charge in [0, 0.05) is 12.6 Å². The van der Waals surface area contributed by atoms with Gasteiger partial charge in [0.2, 0.25) is 5.91 Å². The second kappa shape index (κ2) is 7.24. The summed E-state index contributed by atoms with van der Waals surface area (Å²) in [6, 6.07) is -0.997. The van der Waals surface area contributed by atoms with Crippen LogP contribution in [-0.2, 0) is 9.59 Å². The second-order valence-electron chi connectivity index (χ2n) is 6.04. The average molecular weight is 282 g/mol. The normalized spacial score (nSPS) is 15.4. The van der Waals surface area contributed by atoms with Gasteiger partial charge < -0.3 is 15.7 Å². The number of aliphatic carboxylic acids is 1. The zero-order valence-electron chi connectivity index (χ0n) is 13.0. The highest BCUT2D eigenvalue weighted by Gasteiger charge is 2.31. The zero-order chi connectivity index (χ0) is 16.1. The van der Waals surface area contributed by atoms with E-state index in [-0.39, 0.29) is 22.9 Å². The van der Waals surface area contributed by atoms with E-state index in [0.717, 1.165) is 0 Å². The molecule has 0 aromatic carbocycles. The van der Waals surface area contributed by atoms with E-state index in [1.807, 2.05) is 20.8 Å². The molecule has 1 amide bonds. The van der Waals surface area contributed by atoms with Crippen LogP contribution in [0.1, 0.15) is 34.1 Å². The van der Waals surface area contributed by atoms with E-state index in [9.17, 15) is 9.59 Å². The van der Waals surface area contributed by atoms with Crippen molar-refractivity contribution >= 4 is 11.9 Å². The first-order valence-corrected chi connectivity index (χ1v) is 6.57. The van der Waals surface area contributed by atoms with E-state index in [2.05, 4.69) is 6.58 Å². The Morgan fingerprint density at radius 3 is 2.25 bits per heavy atom. The van der Waals surface area contributed by atoms with Crippen molar-refractivity contribution in [1.82, 2.24) is 4.90 Å². The standard InChI is InChI=1S/C15H26N2O3/c1-7-8-11(9-10(2)14(19)20)17(6)13(18)12(16)15(3,4)5/h7,9,11-12H,1,8,16H2,2-6H3,(H,19,20)/b10-9+/t11?,12-/m1/s1. The number of carboxylic acid groups (broad SMARTS) is 1. The number of hydrogen-bond acceptors (Lipinski definition) is 3. The summed E-state index contributed by atoms with van der Waals surface area (Å²) in [7, 11) is 1.63. The van der Waals surface area contributed by atoms with E-state index >= 15 is 0 Å². The molecule has 0 saturated heterocycles. The maximum absolute atomic E-state index is 12.3. The minimum absolute atomic E-state index is 0.195. The molecule has 1 unspecified atom stereocenters. The highest BCUT2D eigenvalue weighted by atomic mass is 16.4. The molecule has 0 heterocycles. The van der Waals surface area contributed by atoms with Crippen LogP contribution in [0.3, 0.4) is 0 Å². The predicted molar refractivity (Wildman–Crippen MR) is 80.2 cm³/mol. The molecule has 0 aliphatic rings. The van der Waals surface area contributed by atoms with Gasteiger partial charge in [-0.25, -0.2) is 4.79 Å². The highest BCUT2D eigenvalue weighted by Crippen LogP contribution is 2.20. The molecule has 0 fully saturated rings. The summed E-state index contributed by atoms with van der Waals surface area (Å²) in [5, 5.41) is 8.94. The van der Waals surface area contributed by atoms with E-state index in [4.69, 9.17) is 10.8 Å². The van der Waals surface area contributed by atoms with E-state index < -0.39 is 12.0 Å². The maximum Gasteiger partial charge on any atom is 0.331 e. The van der Waals surface area contributed by atoms with Crippen molar-refractivity contribution in [2.75, 3.05) is 7.05 Å². The molecule has 0 aliphatic carbocycles. The molecule has 3 N–H and O–H groups in total. The molecule has 114 valence electrons. The van der Waals surface area contributed by atoms with Gasteiger partial charge in [-0.2, -0.15) is 0 Å². The fraction of sp³-hybridized carbons (Fsp3) is 0.600. The van der Waals surface area contributed by atoms with Gasteiger partial charge in [0.05, 0.1) is 12.1 Å². The van der Waals surface area contributed by atoms with Gasteiger partial charge >= 0.3 is 5.97 Å². The van der Waals surface area contributed by atoms with Crippen LogP contribution in [0.2, 0.25) is 0 Å². The summed E-state index contributed by atoms with van der Waals surface area (Å²) in [4.78, 5) is 24.7. The van der Waals surface area contributed by atoms with Crippen molar-refractivity contribution in [3.8, 4) is 0 Å². The third-order valence-corrected chi connectivity index (χ3v) is 3.23. The first-order chi connectivity index (χ1) is 9.02. The Bertz CT molecular complexity index is 408. The summed E-state index contributed by atoms with van der Waals surface area (Å²) in [6.45, 7) is 10.8. The van der Waals surface area contributed by atoms with Crippen molar-refractivity contribution in [3.63, 3.8) is 0 Å². The van der Waals surface area contributed by atoms with Gasteiger partial charge in [-0.3, -0.25) is 4.79 Å². The molecule has 5 heteroatoms. The fourth-order valence-corrected chi connectivity index (χ4v) is 1.62. The third-order valence-electron chi connectivity index (χ3n) is 3.23. The molecule has 0 aromatic rings. The molecule has 0 aliphatic heterocycles. The zero-order valence-corrected chi connectivity index (χ0v) is 13.0. The number of carbonyl (C=O) groups excluding carboxylic acids is 1. The Kier molecular flexibility index (Phi) is 6.65. The molecule has 0 bridgehead atoms. The minimum atomic E-state index is -1.000. The maximum atomic E-state index is 12.3. The van der Waals surface area contributed by atoms with Crippen molar-refractivity contribution in [2.45, 2.75) is 46.2 Å². The number of hydrogen-bond donors (Lipinski definition) is 2. The first kappa shape index (κ1) is 18.4. The quantitative estimate of drug-likeness (QED) is 0.574. The van der Waals surface area contributed by atoms with Gasteiger partial charge in [-0.05, 0) is 18.8 Å². The lowest BCUT2D eigenvalue weighted by Gasteiger charge is -2.33. The Balaban J connectivity index is 5.21. The molecular formula is C15H26N2O3. The molecule has 20 heavy (non-hydrogen) atoms. The van der Waals surface area contributed by atoms with E-state index in [1.165, 1.54) is 11.8 Å². The molecule has 0 radical (unpaired) electrons. The lowest BCUT2D eigenvalue weighted by Crippen LogP contribution is -2.51.